The molecule has 0 saturated carbocycles. The average molecular weight is 460 g/mol. The SMILES string of the molecule is O=C1N/C(=C/c2ccc(Oc3ccc([N+](=O)[O-])cc3[N+](=O)[O-])cc2)C(=O)N1Cc1ccccc1. The molecule has 1 N–H and O–H groups in total. The molecule has 0 aromatic heterocycles. The maximum absolute atomic E-state index is 12.6. The second-order valence-electron chi connectivity index (χ2n) is 7.20. The number of carbonyl (C=O) groups excluding carboxylic acids is 2. The first-order chi connectivity index (χ1) is 16.3. The summed E-state index contributed by atoms with van der Waals surface area (Å²) in [5.41, 5.74) is 0.536. The maximum atomic E-state index is 12.6. The molecule has 34 heavy (non-hydrogen) atoms. The Labute approximate surface area is 192 Å². The number of urea groups is 1. The molecule has 1 aliphatic rings. The van der Waals surface area contributed by atoms with E-state index in [1.165, 1.54) is 18.2 Å². The number of rotatable bonds is 7. The van der Waals surface area contributed by atoms with Crippen LogP contribution in [0.5, 0.6) is 11.5 Å². The fourth-order valence-corrected chi connectivity index (χ4v) is 3.26. The van der Waals surface area contributed by atoms with E-state index in [4.69, 9.17) is 4.74 Å². The van der Waals surface area contributed by atoms with Crippen molar-refractivity contribution < 1.29 is 24.2 Å². The Bertz CT molecular complexity index is 1320. The van der Waals surface area contributed by atoms with Crippen molar-refractivity contribution in [3.63, 3.8) is 0 Å². The molecule has 1 saturated heterocycles. The van der Waals surface area contributed by atoms with Gasteiger partial charge in [0.25, 0.3) is 11.6 Å². The molecule has 0 bridgehead atoms. The van der Waals surface area contributed by atoms with Gasteiger partial charge in [0.2, 0.25) is 5.75 Å². The summed E-state index contributed by atoms with van der Waals surface area (Å²) in [5.74, 6) is -0.376. The zero-order valence-electron chi connectivity index (χ0n) is 17.4. The number of hydrogen-bond donors (Lipinski definition) is 1. The third-order valence-corrected chi connectivity index (χ3v) is 4.91. The molecule has 0 radical (unpaired) electrons. The van der Waals surface area contributed by atoms with Gasteiger partial charge < -0.3 is 10.1 Å². The van der Waals surface area contributed by atoms with E-state index in [1.807, 2.05) is 30.3 Å². The maximum Gasteiger partial charge on any atom is 0.329 e. The van der Waals surface area contributed by atoms with E-state index < -0.39 is 33.2 Å². The van der Waals surface area contributed by atoms with Crippen molar-refractivity contribution in [2.75, 3.05) is 0 Å². The third kappa shape index (κ3) is 4.72. The van der Waals surface area contributed by atoms with E-state index in [9.17, 15) is 29.8 Å². The van der Waals surface area contributed by atoms with Crippen LogP contribution >= 0.6 is 0 Å². The zero-order valence-corrected chi connectivity index (χ0v) is 17.4. The second-order valence-corrected chi connectivity index (χ2v) is 7.20. The van der Waals surface area contributed by atoms with Crippen LogP contribution in [0.2, 0.25) is 0 Å². The number of hydrogen-bond acceptors (Lipinski definition) is 7. The predicted octanol–water partition coefficient (Wildman–Crippen LogP) is 4.39. The quantitative estimate of drug-likeness (QED) is 0.238. The number of nitro groups is 2. The van der Waals surface area contributed by atoms with Crippen LogP contribution in [-0.4, -0.2) is 26.7 Å². The molecule has 0 unspecified atom stereocenters. The van der Waals surface area contributed by atoms with Crippen LogP contribution in [0.3, 0.4) is 0 Å². The van der Waals surface area contributed by atoms with Crippen molar-refractivity contribution in [3.8, 4) is 11.5 Å². The molecule has 0 spiro atoms. The number of imide groups is 1. The van der Waals surface area contributed by atoms with Crippen molar-refractivity contribution >= 4 is 29.4 Å². The fraction of sp³-hybridized carbons (Fsp3) is 0.0435. The first kappa shape index (κ1) is 22.1. The Morgan fingerprint density at radius 2 is 1.62 bits per heavy atom. The monoisotopic (exact) mass is 460 g/mol. The molecule has 170 valence electrons. The van der Waals surface area contributed by atoms with Gasteiger partial charge in [-0.2, -0.15) is 0 Å². The molecule has 3 amide bonds. The minimum absolute atomic E-state index is 0.112. The van der Waals surface area contributed by atoms with Crippen LogP contribution in [0.15, 0.2) is 78.5 Å². The van der Waals surface area contributed by atoms with Gasteiger partial charge >= 0.3 is 11.7 Å². The molecule has 3 aromatic rings. The number of non-ortho nitro benzene ring substituents is 1. The van der Waals surface area contributed by atoms with Crippen molar-refractivity contribution in [2.45, 2.75) is 6.54 Å². The topological polar surface area (TPSA) is 145 Å². The summed E-state index contributed by atoms with van der Waals surface area (Å²) in [6, 6.07) is 17.9. The predicted molar refractivity (Wildman–Crippen MR) is 120 cm³/mol. The van der Waals surface area contributed by atoms with E-state index >= 15 is 0 Å². The minimum atomic E-state index is -0.767. The Kier molecular flexibility index (Phi) is 5.99. The fourth-order valence-electron chi connectivity index (χ4n) is 3.26. The summed E-state index contributed by atoms with van der Waals surface area (Å²) < 4.78 is 5.52. The van der Waals surface area contributed by atoms with Crippen molar-refractivity contribution in [1.29, 1.82) is 0 Å². The Hall–Kier alpha value is -5.06. The van der Waals surface area contributed by atoms with Crippen LogP contribution < -0.4 is 10.1 Å². The lowest BCUT2D eigenvalue weighted by atomic mass is 10.1. The van der Waals surface area contributed by atoms with Crippen molar-refractivity contribution in [2.24, 2.45) is 0 Å². The van der Waals surface area contributed by atoms with Crippen LogP contribution in [-0.2, 0) is 11.3 Å². The highest BCUT2D eigenvalue weighted by atomic mass is 16.6. The summed E-state index contributed by atoms with van der Waals surface area (Å²) in [6.07, 6.45) is 1.50. The van der Waals surface area contributed by atoms with Gasteiger partial charge in [-0.05, 0) is 35.4 Å². The first-order valence-electron chi connectivity index (χ1n) is 9.91. The molecular formula is C23H16N4O7. The minimum Gasteiger partial charge on any atom is -0.450 e. The molecule has 0 aliphatic carbocycles. The van der Waals surface area contributed by atoms with Gasteiger partial charge in [0.15, 0.2) is 0 Å². The highest BCUT2D eigenvalue weighted by Crippen LogP contribution is 2.34. The molecule has 11 nitrogen and oxygen atoms in total. The summed E-state index contributed by atoms with van der Waals surface area (Å²) in [6.45, 7) is 0.143. The van der Waals surface area contributed by atoms with Crippen molar-refractivity contribution in [3.05, 3.63) is 110 Å². The number of nitro benzene ring substituents is 2. The Morgan fingerprint density at radius 1 is 0.912 bits per heavy atom. The zero-order chi connectivity index (χ0) is 24.2. The normalized spacial score (nSPS) is 14.2. The summed E-state index contributed by atoms with van der Waals surface area (Å²) in [5, 5.41) is 24.7. The van der Waals surface area contributed by atoms with Crippen LogP contribution in [0, 0.1) is 20.2 Å². The van der Waals surface area contributed by atoms with E-state index in [-0.39, 0.29) is 23.7 Å². The highest BCUT2D eigenvalue weighted by molar-refractivity contribution is 6.13. The van der Waals surface area contributed by atoms with Gasteiger partial charge in [0.05, 0.1) is 22.5 Å². The van der Waals surface area contributed by atoms with E-state index in [0.717, 1.165) is 28.7 Å². The molecule has 1 heterocycles. The largest absolute Gasteiger partial charge is 0.450 e. The van der Waals surface area contributed by atoms with Crippen LogP contribution in [0.4, 0.5) is 16.2 Å². The van der Waals surface area contributed by atoms with Crippen molar-refractivity contribution in [1.82, 2.24) is 10.2 Å². The molecule has 0 atom stereocenters. The van der Waals surface area contributed by atoms with E-state index in [2.05, 4.69) is 5.32 Å². The summed E-state index contributed by atoms with van der Waals surface area (Å²) in [4.78, 5) is 46.6. The molecular weight excluding hydrogens is 444 g/mol. The number of nitrogens with zero attached hydrogens (tertiary/aromatic N) is 3. The van der Waals surface area contributed by atoms with Gasteiger partial charge in [-0.25, -0.2) is 4.79 Å². The van der Waals surface area contributed by atoms with Gasteiger partial charge in [-0.15, -0.1) is 0 Å². The summed E-state index contributed by atoms with van der Waals surface area (Å²) >= 11 is 0. The number of carbonyl (C=O) groups is 2. The second kappa shape index (κ2) is 9.20. The lowest BCUT2D eigenvalue weighted by molar-refractivity contribution is -0.394. The molecule has 1 fully saturated rings. The van der Waals surface area contributed by atoms with Crippen LogP contribution in [0.25, 0.3) is 6.08 Å². The number of benzene rings is 3. The van der Waals surface area contributed by atoms with Gasteiger partial charge in [-0.3, -0.25) is 29.9 Å². The standard InChI is InChI=1S/C23H16N4O7/c28-22-19(24-23(29)25(22)14-16-4-2-1-3-5-16)12-15-6-9-18(10-7-15)34-21-11-8-17(26(30)31)13-20(21)27(32)33/h1-13H,14H2,(H,24,29)/b19-12+. The van der Waals surface area contributed by atoms with E-state index in [0.29, 0.717) is 5.56 Å². The Morgan fingerprint density at radius 3 is 2.26 bits per heavy atom. The Balaban J connectivity index is 1.49. The van der Waals surface area contributed by atoms with E-state index in [1.54, 1.807) is 12.1 Å². The lowest BCUT2D eigenvalue weighted by Gasteiger charge is -2.11. The van der Waals surface area contributed by atoms with Crippen LogP contribution in [0.1, 0.15) is 11.1 Å². The number of ether oxygens (including phenoxy) is 1. The number of nitrogens with one attached hydrogen (secondary N) is 1. The lowest BCUT2D eigenvalue weighted by Crippen LogP contribution is -2.30. The smallest absolute Gasteiger partial charge is 0.329 e. The molecule has 4 rings (SSSR count). The molecule has 3 aromatic carbocycles. The first-order valence-corrected chi connectivity index (χ1v) is 9.91. The van der Waals surface area contributed by atoms with Gasteiger partial charge in [0.1, 0.15) is 11.4 Å². The average Bonchev–Trinajstić information content (AvgIpc) is 3.08. The highest BCUT2D eigenvalue weighted by Gasteiger charge is 2.33. The molecule has 11 heteroatoms. The van der Waals surface area contributed by atoms with Gasteiger partial charge in [0, 0.05) is 6.07 Å². The molecule has 1 aliphatic heterocycles. The third-order valence-electron chi connectivity index (χ3n) is 4.91. The summed E-state index contributed by atoms with van der Waals surface area (Å²) in [7, 11) is 0. The number of amides is 3. The van der Waals surface area contributed by atoms with Gasteiger partial charge in [-0.1, -0.05) is 42.5 Å².